The first-order valence-electron chi connectivity index (χ1n) is 11.3. The highest BCUT2D eigenvalue weighted by Crippen LogP contribution is 2.21. The van der Waals surface area contributed by atoms with Gasteiger partial charge in [-0.25, -0.2) is 4.79 Å². The summed E-state index contributed by atoms with van der Waals surface area (Å²) in [6, 6.07) is -4.49. The number of carbonyl (C=O) groups excluding carboxylic acids is 4. The first-order chi connectivity index (χ1) is 15.9. The van der Waals surface area contributed by atoms with Crippen LogP contribution in [0.4, 0.5) is 0 Å². The summed E-state index contributed by atoms with van der Waals surface area (Å²) >= 11 is 0. The Morgan fingerprint density at radius 3 is 2.18 bits per heavy atom. The predicted octanol–water partition coefficient (Wildman–Crippen LogP) is -1.46. The summed E-state index contributed by atoms with van der Waals surface area (Å²) in [4.78, 5) is 73.3. The Morgan fingerprint density at radius 1 is 1.03 bits per heavy atom. The summed E-state index contributed by atoms with van der Waals surface area (Å²) in [6.45, 7) is 4.05. The summed E-state index contributed by atoms with van der Waals surface area (Å²) in [7, 11) is 0. The van der Waals surface area contributed by atoms with Gasteiger partial charge in [0, 0.05) is 19.4 Å². The van der Waals surface area contributed by atoms with Crippen molar-refractivity contribution in [3.63, 3.8) is 0 Å². The summed E-state index contributed by atoms with van der Waals surface area (Å²) in [5, 5.41) is 23.0. The molecular formula is C21H35N5O8. The molecule has 34 heavy (non-hydrogen) atoms. The number of carboxylic acids is 2. The van der Waals surface area contributed by atoms with Gasteiger partial charge in [-0.3, -0.25) is 24.0 Å². The molecule has 1 heterocycles. The van der Waals surface area contributed by atoms with Crippen molar-refractivity contribution in [2.24, 2.45) is 17.4 Å². The van der Waals surface area contributed by atoms with Crippen LogP contribution in [-0.4, -0.2) is 81.4 Å². The number of nitrogens with two attached hydrogens (primary N) is 2. The molecule has 0 aromatic heterocycles. The SMILES string of the molecule is CCC(C)C(N)C(=O)N1CCCC1C(=O)NC(CCC(=O)O)C(=O)NC(CCC(N)=O)C(=O)O. The van der Waals surface area contributed by atoms with Crippen molar-refractivity contribution >= 4 is 35.6 Å². The molecule has 192 valence electrons. The van der Waals surface area contributed by atoms with Crippen molar-refractivity contribution in [3.8, 4) is 0 Å². The largest absolute Gasteiger partial charge is 0.481 e. The molecule has 5 unspecified atom stereocenters. The Morgan fingerprint density at radius 2 is 1.65 bits per heavy atom. The third-order valence-electron chi connectivity index (χ3n) is 5.95. The van der Waals surface area contributed by atoms with Crippen molar-refractivity contribution in [1.82, 2.24) is 15.5 Å². The maximum absolute atomic E-state index is 13.0. The second-order valence-corrected chi connectivity index (χ2v) is 8.50. The molecular weight excluding hydrogens is 450 g/mol. The Kier molecular flexibility index (Phi) is 11.4. The molecule has 1 fully saturated rings. The zero-order valence-electron chi connectivity index (χ0n) is 19.5. The molecule has 1 aliphatic heterocycles. The third kappa shape index (κ3) is 8.61. The number of rotatable bonds is 14. The topological polar surface area (TPSA) is 222 Å². The van der Waals surface area contributed by atoms with Gasteiger partial charge in [0.15, 0.2) is 0 Å². The summed E-state index contributed by atoms with van der Waals surface area (Å²) in [5.41, 5.74) is 11.1. The molecule has 0 radical (unpaired) electrons. The van der Waals surface area contributed by atoms with Crippen LogP contribution in [0.2, 0.25) is 0 Å². The van der Waals surface area contributed by atoms with E-state index in [1.54, 1.807) is 0 Å². The van der Waals surface area contributed by atoms with Gasteiger partial charge in [-0.2, -0.15) is 0 Å². The third-order valence-corrected chi connectivity index (χ3v) is 5.95. The standard InChI is InChI=1S/C21H35N5O8/c1-3-11(2)17(23)20(32)26-10-4-5-14(26)19(31)24-12(7-9-16(28)29)18(30)25-13(21(33)34)6-8-15(22)27/h11-14,17H,3-10,23H2,1-2H3,(H2,22,27)(H,24,31)(H,25,30)(H,28,29)(H,33,34). The van der Waals surface area contributed by atoms with E-state index in [2.05, 4.69) is 10.6 Å². The van der Waals surface area contributed by atoms with E-state index in [1.165, 1.54) is 4.90 Å². The molecule has 0 aromatic carbocycles. The number of hydrogen-bond donors (Lipinski definition) is 6. The average Bonchev–Trinajstić information content (AvgIpc) is 3.26. The second-order valence-electron chi connectivity index (χ2n) is 8.50. The van der Waals surface area contributed by atoms with Gasteiger partial charge in [0.1, 0.15) is 18.1 Å². The van der Waals surface area contributed by atoms with Crippen LogP contribution in [0.3, 0.4) is 0 Å². The van der Waals surface area contributed by atoms with Crippen molar-refractivity contribution in [3.05, 3.63) is 0 Å². The van der Waals surface area contributed by atoms with Crippen LogP contribution in [0.15, 0.2) is 0 Å². The lowest BCUT2D eigenvalue weighted by Crippen LogP contribution is -2.57. The number of primary amides is 1. The lowest BCUT2D eigenvalue weighted by molar-refractivity contribution is -0.144. The predicted molar refractivity (Wildman–Crippen MR) is 119 cm³/mol. The lowest BCUT2D eigenvalue weighted by Gasteiger charge is -2.30. The fourth-order valence-corrected chi connectivity index (χ4v) is 3.61. The van der Waals surface area contributed by atoms with Crippen LogP contribution >= 0.6 is 0 Å². The maximum Gasteiger partial charge on any atom is 0.326 e. The number of amides is 4. The van der Waals surface area contributed by atoms with Crippen LogP contribution in [0.25, 0.3) is 0 Å². The molecule has 1 aliphatic rings. The Labute approximate surface area is 197 Å². The zero-order valence-corrected chi connectivity index (χ0v) is 19.5. The number of nitrogens with one attached hydrogen (secondary N) is 2. The van der Waals surface area contributed by atoms with Crippen LogP contribution < -0.4 is 22.1 Å². The van der Waals surface area contributed by atoms with Crippen molar-refractivity contribution in [2.45, 2.75) is 83.0 Å². The van der Waals surface area contributed by atoms with Crippen LogP contribution in [0.1, 0.15) is 58.8 Å². The van der Waals surface area contributed by atoms with E-state index in [1.807, 2.05) is 13.8 Å². The molecule has 13 nitrogen and oxygen atoms in total. The molecule has 8 N–H and O–H groups in total. The summed E-state index contributed by atoms with van der Waals surface area (Å²) in [6.07, 6.45) is 0.236. The van der Waals surface area contributed by atoms with E-state index in [-0.39, 0.29) is 31.1 Å². The smallest absolute Gasteiger partial charge is 0.326 e. The lowest BCUT2D eigenvalue weighted by atomic mass is 9.98. The molecule has 13 heteroatoms. The van der Waals surface area contributed by atoms with Gasteiger partial charge in [0.2, 0.25) is 23.6 Å². The second kappa shape index (κ2) is 13.5. The molecule has 0 aliphatic carbocycles. The molecule has 0 saturated carbocycles. The van der Waals surface area contributed by atoms with E-state index < -0.39 is 60.2 Å². The highest BCUT2D eigenvalue weighted by molar-refractivity contribution is 5.94. The van der Waals surface area contributed by atoms with Gasteiger partial charge in [-0.05, 0) is 31.6 Å². The molecule has 0 aromatic rings. The van der Waals surface area contributed by atoms with Gasteiger partial charge < -0.3 is 37.2 Å². The normalized spacial score (nSPS) is 18.9. The minimum absolute atomic E-state index is 0.0979. The maximum atomic E-state index is 13.0. The van der Waals surface area contributed by atoms with E-state index in [0.29, 0.717) is 25.8 Å². The van der Waals surface area contributed by atoms with E-state index in [0.717, 1.165) is 0 Å². The van der Waals surface area contributed by atoms with E-state index in [4.69, 9.17) is 16.6 Å². The minimum Gasteiger partial charge on any atom is -0.481 e. The van der Waals surface area contributed by atoms with Crippen LogP contribution in [0, 0.1) is 5.92 Å². The van der Waals surface area contributed by atoms with Gasteiger partial charge in [0.25, 0.3) is 0 Å². The highest BCUT2D eigenvalue weighted by atomic mass is 16.4. The summed E-state index contributed by atoms with van der Waals surface area (Å²) < 4.78 is 0. The zero-order chi connectivity index (χ0) is 26.0. The van der Waals surface area contributed by atoms with Crippen LogP contribution in [0.5, 0.6) is 0 Å². The molecule has 0 bridgehead atoms. The fourth-order valence-electron chi connectivity index (χ4n) is 3.61. The molecule has 0 spiro atoms. The van der Waals surface area contributed by atoms with Gasteiger partial charge >= 0.3 is 11.9 Å². The Hall–Kier alpha value is -3.22. The molecule has 5 atom stereocenters. The van der Waals surface area contributed by atoms with Crippen molar-refractivity contribution in [2.75, 3.05) is 6.54 Å². The van der Waals surface area contributed by atoms with Gasteiger partial charge in [-0.1, -0.05) is 20.3 Å². The van der Waals surface area contributed by atoms with Crippen LogP contribution in [-0.2, 0) is 28.8 Å². The Balaban J connectivity index is 2.96. The van der Waals surface area contributed by atoms with E-state index in [9.17, 15) is 33.9 Å². The first kappa shape index (κ1) is 28.8. The molecule has 1 rings (SSSR count). The minimum atomic E-state index is -1.46. The summed E-state index contributed by atoms with van der Waals surface area (Å²) in [5.74, 6) is -5.43. The fraction of sp³-hybridized carbons (Fsp3) is 0.714. The number of hydrogen-bond acceptors (Lipinski definition) is 7. The number of carboxylic acid groups (broad SMARTS) is 2. The number of nitrogens with zero attached hydrogens (tertiary/aromatic N) is 1. The first-order valence-corrected chi connectivity index (χ1v) is 11.3. The van der Waals surface area contributed by atoms with Gasteiger partial charge in [-0.15, -0.1) is 0 Å². The highest BCUT2D eigenvalue weighted by Gasteiger charge is 2.38. The average molecular weight is 486 g/mol. The number of carbonyl (C=O) groups is 6. The Bertz CT molecular complexity index is 789. The molecule has 1 saturated heterocycles. The van der Waals surface area contributed by atoms with Crippen molar-refractivity contribution < 1.29 is 39.0 Å². The van der Waals surface area contributed by atoms with Crippen molar-refractivity contribution in [1.29, 1.82) is 0 Å². The quantitative estimate of drug-likeness (QED) is 0.169. The number of likely N-dealkylation sites (tertiary alicyclic amines) is 1. The van der Waals surface area contributed by atoms with Gasteiger partial charge in [0.05, 0.1) is 6.04 Å². The van der Waals surface area contributed by atoms with E-state index >= 15 is 0 Å². The molecule has 4 amide bonds. The number of aliphatic carboxylic acids is 2. The monoisotopic (exact) mass is 485 g/mol.